The van der Waals surface area contributed by atoms with Gasteiger partial charge >= 0.3 is 5.97 Å². The highest BCUT2D eigenvalue weighted by molar-refractivity contribution is 5.96. The topological polar surface area (TPSA) is 99.6 Å². The lowest BCUT2D eigenvalue weighted by Gasteiger charge is -2.17. The summed E-state index contributed by atoms with van der Waals surface area (Å²) >= 11 is 0. The van der Waals surface area contributed by atoms with Gasteiger partial charge in [0.05, 0.1) is 0 Å². The summed E-state index contributed by atoms with van der Waals surface area (Å²) in [4.78, 5) is 39.2. The van der Waals surface area contributed by atoms with E-state index in [0.717, 1.165) is 6.08 Å². The molecule has 0 radical (unpaired) electrons. The molecule has 0 aliphatic heterocycles. The minimum Gasteiger partial charge on any atom is -0.478 e. The largest absolute Gasteiger partial charge is 0.478 e. The summed E-state index contributed by atoms with van der Waals surface area (Å²) in [6, 6.07) is 2.38. The molecule has 7 heteroatoms. The number of hydrogen-bond donors (Lipinski definition) is 2. The van der Waals surface area contributed by atoms with Crippen molar-refractivity contribution in [3.05, 3.63) is 35.7 Å². The third kappa shape index (κ3) is 5.06. The summed E-state index contributed by atoms with van der Waals surface area (Å²) in [5.41, 5.74) is 0.715. The van der Waals surface area contributed by atoms with Gasteiger partial charge in [0, 0.05) is 26.4 Å². The second-order valence-electron chi connectivity index (χ2n) is 4.58. The average molecular weight is 291 g/mol. The summed E-state index contributed by atoms with van der Waals surface area (Å²) in [5, 5.41) is 11.0. The van der Waals surface area contributed by atoms with E-state index >= 15 is 0 Å². The zero-order valence-electron chi connectivity index (χ0n) is 12.0. The quantitative estimate of drug-likeness (QED) is 0.764. The first-order chi connectivity index (χ1) is 9.81. The zero-order valence-corrected chi connectivity index (χ0v) is 12.0. The molecule has 112 valence electrons. The van der Waals surface area contributed by atoms with Crippen molar-refractivity contribution < 1.29 is 19.5 Å². The second kappa shape index (κ2) is 7.18. The van der Waals surface area contributed by atoms with Gasteiger partial charge in [-0.05, 0) is 24.6 Å². The van der Waals surface area contributed by atoms with Crippen LogP contribution in [0.3, 0.4) is 0 Å². The third-order valence-electron chi connectivity index (χ3n) is 2.60. The van der Waals surface area contributed by atoms with Crippen molar-refractivity contribution in [2.24, 2.45) is 0 Å². The summed E-state index contributed by atoms with van der Waals surface area (Å²) in [6.45, 7) is 1.59. The molecule has 0 aliphatic rings. The lowest BCUT2D eigenvalue weighted by molar-refractivity contribution is -0.131. The summed E-state index contributed by atoms with van der Waals surface area (Å²) < 4.78 is 0. The van der Waals surface area contributed by atoms with Gasteiger partial charge in [-0.25, -0.2) is 4.79 Å². The fraction of sp³-hybridized carbons (Fsp3) is 0.286. The number of carbonyl (C=O) groups excluding carboxylic acids is 2. The lowest BCUT2D eigenvalue weighted by atomic mass is 10.2. The van der Waals surface area contributed by atoms with Crippen molar-refractivity contribution in [1.82, 2.24) is 15.2 Å². The molecular weight excluding hydrogens is 274 g/mol. The summed E-state index contributed by atoms with van der Waals surface area (Å²) in [6.07, 6.45) is 3.73. The maximum Gasteiger partial charge on any atom is 0.328 e. The van der Waals surface area contributed by atoms with Gasteiger partial charge in [-0.15, -0.1) is 0 Å². The maximum absolute atomic E-state index is 11.9. The van der Waals surface area contributed by atoms with Gasteiger partial charge in [-0.2, -0.15) is 0 Å². The van der Waals surface area contributed by atoms with Gasteiger partial charge in [-0.3, -0.25) is 14.6 Å². The minimum absolute atomic E-state index is 0.154. The number of hydrogen-bond acceptors (Lipinski definition) is 4. The van der Waals surface area contributed by atoms with Crippen LogP contribution in [0.4, 0.5) is 0 Å². The molecule has 0 aliphatic carbocycles. The van der Waals surface area contributed by atoms with E-state index in [1.165, 1.54) is 23.2 Å². The van der Waals surface area contributed by atoms with E-state index < -0.39 is 17.9 Å². The molecule has 2 amide bonds. The number of aliphatic carboxylic acids is 1. The Balaban J connectivity index is 2.71. The molecule has 0 bridgehead atoms. The van der Waals surface area contributed by atoms with Crippen LogP contribution in [0.2, 0.25) is 0 Å². The van der Waals surface area contributed by atoms with E-state index in [-0.39, 0.29) is 11.6 Å². The van der Waals surface area contributed by atoms with Crippen molar-refractivity contribution >= 4 is 23.9 Å². The van der Waals surface area contributed by atoms with Crippen molar-refractivity contribution in [3.8, 4) is 0 Å². The van der Waals surface area contributed by atoms with Gasteiger partial charge in [-0.1, -0.05) is 6.07 Å². The Morgan fingerprint density at radius 3 is 2.48 bits per heavy atom. The first-order valence-electron chi connectivity index (χ1n) is 6.20. The Kier molecular flexibility index (Phi) is 5.59. The number of carboxylic acid groups (broad SMARTS) is 1. The second-order valence-corrected chi connectivity index (χ2v) is 4.58. The van der Waals surface area contributed by atoms with Crippen LogP contribution in [-0.4, -0.2) is 52.9 Å². The Morgan fingerprint density at radius 2 is 2.00 bits per heavy atom. The molecule has 1 atom stereocenters. The number of pyridine rings is 1. The predicted octanol–water partition coefficient (Wildman–Crippen LogP) is 0.386. The number of carboxylic acids is 1. The van der Waals surface area contributed by atoms with Gasteiger partial charge in [0.1, 0.15) is 11.7 Å². The van der Waals surface area contributed by atoms with E-state index in [9.17, 15) is 14.4 Å². The molecule has 1 aromatic rings. The van der Waals surface area contributed by atoms with Gasteiger partial charge in [0.15, 0.2) is 0 Å². The first-order valence-corrected chi connectivity index (χ1v) is 6.20. The zero-order chi connectivity index (χ0) is 16.0. The van der Waals surface area contributed by atoms with Crippen molar-refractivity contribution in [1.29, 1.82) is 0 Å². The molecule has 1 rings (SSSR count). The average Bonchev–Trinajstić information content (AvgIpc) is 2.44. The van der Waals surface area contributed by atoms with Gasteiger partial charge in [0.25, 0.3) is 5.91 Å². The minimum atomic E-state index is -1.06. The molecular formula is C14H17N3O4. The van der Waals surface area contributed by atoms with Crippen LogP contribution in [0.15, 0.2) is 24.4 Å². The number of likely N-dealkylation sites (N-methyl/N-ethyl adjacent to an activating group) is 1. The molecule has 1 heterocycles. The van der Waals surface area contributed by atoms with E-state index in [0.29, 0.717) is 5.56 Å². The Morgan fingerprint density at radius 1 is 1.33 bits per heavy atom. The standard InChI is InChI=1S/C14H17N3O4/c1-9(14(21)17(2)3)16-13(20)11-6-4-10(8-15-11)5-7-12(18)19/h4-9H,1-3H3,(H,16,20)(H,18,19). The maximum atomic E-state index is 11.9. The van der Waals surface area contributed by atoms with Crippen LogP contribution in [0.1, 0.15) is 23.0 Å². The lowest BCUT2D eigenvalue weighted by Crippen LogP contribution is -2.44. The van der Waals surface area contributed by atoms with Crippen molar-refractivity contribution in [2.75, 3.05) is 14.1 Å². The van der Waals surface area contributed by atoms with Crippen molar-refractivity contribution in [3.63, 3.8) is 0 Å². The van der Waals surface area contributed by atoms with Gasteiger partial charge < -0.3 is 15.3 Å². The molecule has 1 aromatic heterocycles. The molecule has 0 aromatic carbocycles. The Hall–Kier alpha value is -2.70. The van der Waals surface area contributed by atoms with Crippen LogP contribution in [0, 0.1) is 0 Å². The van der Waals surface area contributed by atoms with Crippen LogP contribution in [0.5, 0.6) is 0 Å². The van der Waals surface area contributed by atoms with E-state index in [4.69, 9.17) is 5.11 Å². The molecule has 2 N–H and O–H groups in total. The molecule has 0 fully saturated rings. The number of aromatic nitrogens is 1. The molecule has 0 saturated carbocycles. The number of nitrogens with one attached hydrogen (secondary N) is 1. The molecule has 0 saturated heterocycles. The SMILES string of the molecule is CC(NC(=O)c1ccc(C=CC(=O)O)cn1)C(=O)N(C)C. The highest BCUT2D eigenvalue weighted by Gasteiger charge is 2.18. The fourth-order valence-electron chi connectivity index (χ4n) is 1.53. The van der Waals surface area contributed by atoms with Crippen LogP contribution in [0.25, 0.3) is 6.08 Å². The number of amides is 2. The van der Waals surface area contributed by atoms with E-state index in [1.54, 1.807) is 27.1 Å². The highest BCUT2D eigenvalue weighted by Crippen LogP contribution is 2.03. The monoisotopic (exact) mass is 291 g/mol. The Labute approximate surface area is 122 Å². The third-order valence-corrected chi connectivity index (χ3v) is 2.60. The van der Waals surface area contributed by atoms with Crippen molar-refractivity contribution in [2.45, 2.75) is 13.0 Å². The number of rotatable bonds is 5. The van der Waals surface area contributed by atoms with E-state index in [2.05, 4.69) is 10.3 Å². The Bertz CT molecular complexity index is 564. The number of carbonyl (C=O) groups is 3. The van der Waals surface area contributed by atoms with Gasteiger partial charge in [0.2, 0.25) is 5.91 Å². The van der Waals surface area contributed by atoms with Crippen LogP contribution < -0.4 is 5.32 Å². The normalized spacial score (nSPS) is 12.0. The molecule has 7 nitrogen and oxygen atoms in total. The molecule has 1 unspecified atom stereocenters. The fourth-order valence-corrected chi connectivity index (χ4v) is 1.53. The molecule has 21 heavy (non-hydrogen) atoms. The van der Waals surface area contributed by atoms with Crippen LogP contribution >= 0.6 is 0 Å². The van der Waals surface area contributed by atoms with Crippen LogP contribution in [-0.2, 0) is 9.59 Å². The summed E-state index contributed by atoms with van der Waals surface area (Å²) in [5.74, 6) is -1.75. The molecule has 0 spiro atoms. The first kappa shape index (κ1) is 16.4. The predicted molar refractivity (Wildman–Crippen MR) is 76.5 cm³/mol. The summed E-state index contributed by atoms with van der Waals surface area (Å²) in [7, 11) is 3.21. The smallest absolute Gasteiger partial charge is 0.328 e. The highest BCUT2D eigenvalue weighted by atomic mass is 16.4. The van der Waals surface area contributed by atoms with E-state index in [1.807, 2.05) is 0 Å². The number of nitrogens with zero attached hydrogens (tertiary/aromatic N) is 2.